The Hall–Kier alpha value is -3.05. The van der Waals surface area contributed by atoms with E-state index in [1.807, 2.05) is 44.2 Å². The van der Waals surface area contributed by atoms with E-state index in [0.29, 0.717) is 0 Å². The lowest BCUT2D eigenvalue weighted by atomic mass is 9.95. The van der Waals surface area contributed by atoms with Crippen LogP contribution in [0.4, 0.5) is 4.79 Å². The van der Waals surface area contributed by atoms with E-state index in [1.54, 1.807) is 0 Å². The summed E-state index contributed by atoms with van der Waals surface area (Å²) in [5, 5.41) is 12.4. The number of carbonyl (C=O) groups excluding carboxylic acids is 4. The summed E-state index contributed by atoms with van der Waals surface area (Å²) in [4.78, 5) is 53.9. The van der Waals surface area contributed by atoms with Gasteiger partial charge in [-0.2, -0.15) is 0 Å². The molecule has 3 aliphatic rings. The number of nitrogens with zero attached hydrogens (tertiary/aromatic N) is 2. The van der Waals surface area contributed by atoms with Crippen LogP contribution in [-0.4, -0.2) is 86.3 Å². The molecule has 0 saturated carbocycles. The van der Waals surface area contributed by atoms with E-state index >= 15 is 0 Å². The van der Waals surface area contributed by atoms with Crippen molar-refractivity contribution in [2.24, 2.45) is 0 Å². The van der Waals surface area contributed by atoms with E-state index in [-0.39, 0.29) is 26.2 Å². The fourth-order valence-corrected chi connectivity index (χ4v) is 6.28. The Labute approximate surface area is 207 Å². The molecular formula is C24H29N3O7S. The molecule has 0 spiro atoms. The number of amides is 3. The molecule has 2 N–H and O–H groups in total. The Morgan fingerprint density at radius 3 is 2.66 bits per heavy atom. The molecule has 188 valence electrons. The van der Waals surface area contributed by atoms with E-state index in [2.05, 4.69) is 11.9 Å². The molecule has 0 radical (unpaired) electrons. The number of β-amino-alcohol motifs (C(OH)–C–C–N with tert-alkyl or cyclic N) is 1. The van der Waals surface area contributed by atoms with Gasteiger partial charge >= 0.3 is 12.1 Å². The number of aliphatic hydroxyl groups is 1. The number of esters is 1. The number of thioether (sulfide) groups is 1. The first kappa shape index (κ1) is 25.1. The predicted molar refractivity (Wildman–Crippen MR) is 127 cm³/mol. The third-order valence-corrected chi connectivity index (χ3v) is 7.90. The van der Waals surface area contributed by atoms with Crippen molar-refractivity contribution in [2.75, 3.05) is 13.2 Å². The number of hydrogen-bond donors (Lipinski definition) is 2. The van der Waals surface area contributed by atoms with Crippen molar-refractivity contribution in [1.29, 1.82) is 0 Å². The molecule has 3 aliphatic heterocycles. The van der Waals surface area contributed by atoms with Gasteiger partial charge in [0.15, 0.2) is 0 Å². The zero-order valence-electron chi connectivity index (χ0n) is 19.6. The van der Waals surface area contributed by atoms with Crippen LogP contribution in [0.1, 0.15) is 25.8 Å². The highest BCUT2D eigenvalue weighted by Crippen LogP contribution is 2.51. The van der Waals surface area contributed by atoms with Gasteiger partial charge in [0.25, 0.3) is 0 Å². The van der Waals surface area contributed by atoms with Crippen molar-refractivity contribution >= 4 is 35.6 Å². The lowest BCUT2D eigenvalue weighted by Crippen LogP contribution is -2.71. The van der Waals surface area contributed by atoms with E-state index in [0.717, 1.165) is 5.56 Å². The SMILES string of the molecule is C=CCOC(=O)[C@@H]1N2C(=O)[C@@H](NC(=O)[C@@H]3C[C@@H](O)CN3C(=O)OCc3ccccc3)[C@H]2SC1(C)C. The maximum Gasteiger partial charge on any atom is 0.410 e. The van der Waals surface area contributed by atoms with Crippen molar-refractivity contribution in [3.8, 4) is 0 Å². The average molecular weight is 504 g/mol. The summed E-state index contributed by atoms with van der Waals surface area (Å²) in [5.74, 6) is -1.46. The fourth-order valence-electron chi connectivity index (χ4n) is 4.66. The topological polar surface area (TPSA) is 125 Å². The maximum atomic E-state index is 13.1. The number of β-lactam (4-membered cyclic amide) rings is 1. The van der Waals surface area contributed by atoms with Gasteiger partial charge in [0.05, 0.1) is 12.6 Å². The molecule has 10 nitrogen and oxygen atoms in total. The summed E-state index contributed by atoms with van der Waals surface area (Å²) in [6.07, 6.45) is -0.102. The minimum atomic E-state index is -0.970. The van der Waals surface area contributed by atoms with Crippen LogP contribution in [0.3, 0.4) is 0 Å². The monoisotopic (exact) mass is 503 g/mol. The van der Waals surface area contributed by atoms with Crippen molar-refractivity contribution < 1.29 is 33.8 Å². The number of rotatable bonds is 7. The van der Waals surface area contributed by atoms with Gasteiger partial charge in [-0.25, -0.2) is 9.59 Å². The van der Waals surface area contributed by atoms with Crippen LogP contribution < -0.4 is 5.32 Å². The number of nitrogens with one attached hydrogen (secondary N) is 1. The zero-order valence-corrected chi connectivity index (χ0v) is 20.4. The van der Waals surface area contributed by atoms with Gasteiger partial charge < -0.3 is 24.8 Å². The molecule has 0 aromatic heterocycles. The first-order valence-corrected chi connectivity index (χ1v) is 12.2. The number of hydrogen-bond acceptors (Lipinski definition) is 8. The number of carbonyl (C=O) groups is 4. The summed E-state index contributed by atoms with van der Waals surface area (Å²) < 4.78 is 9.90. The van der Waals surface area contributed by atoms with E-state index in [4.69, 9.17) is 9.47 Å². The number of ether oxygens (including phenoxy) is 2. The number of benzene rings is 1. The third-order valence-electron chi connectivity index (χ3n) is 6.33. The van der Waals surface area contributed by atoms with Crippen LogP contribution in [0.15, 0.2) is 43.0 Å². The van der Waals surface area contributed by atoms with E-state index in [9.17, 15) is 24.3 Å². The number of aliphatic hydroxyl groups excluding tert-OH is 1. The molecule has 3 fully saturated rings. The molecule has 0 unspecified atom stereocenters. The van der Waals surface area contributed by atoms with Crippen LogP contribution in [0.2, 0.25) is 0 Å². The second-order valence-electron chi connectivity index (χ2n) is 9.26. The third kappa shape index (κ3) is 4.87. The van der Waals surface area contributed by atoms with Crippen molar-refractivity contribution in [3.63, 3.8) is 0 Å². The maximum absolute atomic E-state index is 13.1. The van der Waals surface area contributed by atoms with Gasteiger partial charge in [-0.15, -0.1) is 11.8 Å². The lowest BCUT2D eigenvalue weighted by molar-refractivity contribution is -0.163. The van der Waals surface area contributed by atoms with Crippen LogP contribution in [0, 0.1) is 0 Å². The second-order valence-corrected chi connectivity index (χ2v) is 11.0. The predicted octanol–water partition coefficient (Wildman–Crippen LogP) is 1.03. The van der Waals surface area contributed by atoms with Gasteiger partial charge in [-0.05, 0) is 19.4 Å². The Kier molecular flexibility index (Phi) is 7.09. The Bertz CT molecular complexity index is 1020. The molecular weight excluding hydrogens is 474 g/mol. The molecule has 35 heavy (non-hydrogen) atoms. The zero-order chi connectivity index (χ0) is 25.3. The molecule has 3 amide bonds. The second kappa shape index (κ2) is 9.90. The van der Waals surface area contributed by atoms with Gasteiger partial charge in [0.1, 0.15) is 36.7 Å². The first-order valence-electron chi connectivity index (χ1n) is 11.4. The Balaban J connectivity index is 1.39. The standard InChI is InChI=1S/C24H29N3O7S/c1-4-10-33-22(31)18-24(2,3)35-21-17(20(30)27(18)21)25-19(29)16-11-15(28)12-26(16)23(32)34-13-14-8-6-5-7-9-14/h4-9,15-18,21,28H,1,10-13H2,2-3H3,(H,25,29)/t15-,16+,17-,18+,21-/m1/s1. The van der Waals surface area contributed by atoms with Crippen molar-refractivity contribution in [3.05, 3.63) is 48.6 Å². The molecule has 11 heteroatoms. The van der Waals surface area contributed by atoms with Crippen LogP contribution in [0.5, 0.6) is 0 Å². The fraction of sp³-hybridized carbons (Fsp3) is 0.500. The summed E-state index contributed by atoms with van der Waals surface area (Å²) in [6.45, 7) is 7.26. The molecule has 4 rings (SSSR count). The molecule has 5 atom stereocenters. The minimum absolute atomic E-state index is 0.0355. The highest BCUT2D eigenvalue weighted by Gasteiger charge is 2.64. The highest BCUT2D eigenvalue weighted by atomic mass is 32.2. The summed E-state index contributed by atoms with van der Waals surface area (Å²) in [6, 6.07) is 6.52. The highest BCUT2D eigenvalue weighted by molar-refractivity contribution is 8.01. The van der Waals surface area contributed by atoms with Crippen molar-refractivity contribution in [2.45, 2.75) is 61.2 Å². The van der Waals surface area contributed by atoms with Gasteiger partial charge in [-0.1, -0.05) is 43.0 Å². The molecule has 1 aromatic carbocycles. The average Bonchev–Trinajstić information content (AvgIpc) is 3.35. The Morgan fingerprint density at radius 1 is 1.26 bits per heavy atom. The van der Waals surface area contributed by atoms with Gasteiger partial charge in [-0.3, -0.25) is 14.5 Å². The first-order chi connectivity index (χ1) is 16.6. The van der Waals surface area contributed by atoms with E-state index < -0.39 is 58.2 Å². The summed E-state index contributed by atoms with van der Waals surface area (Å²) >= 11 is 1.41. The van der Waals surface area contributed by atoms with Crippen LogP contribution in [0.25, 0.3) is 0 Å². The summed E-state index contributed by atoms with van der Waals surface area (Å²) in [5.41, 5.74) is 0.795. The molecule has 0 aliphatic carbocycles. The summed E-state index contributed by atoms with van der Waals surface area (Å²) in [7, 11) is 0. The van der Waals surface area contributed by atoms with Crippen molar-refractivity contribution in [1.82, 2.24) is 15.1 Å². The van der Waals surface area contributed by atoms with Gasteiger partial charge in [0.2, 0.25) is 11.8 Å². The van der Waals surface area contributed by atoms with Crippen LogP contribution in [-0.2, 0) is 30.5 Å². The van der Waals surface area contributed by atoms with E-state index in [1.165, 1.54) is 27.6 Å². The largest absolute Gasteiger partial charge is 0.460 e. The lowest BCUT2D eigenvalue weighted by Gasteiger charge is -2.44. The number of likely N-dealkylation sites (tertiary alicyclic amines) is 1. The molecule has 0 bridgehead atoms. The molecule has 3 heterocycles. The smallest absolute Gasteiger partial charge is 0.410 e. The number of fused-ring (bicyclic) bond motifs is 1. The molecule has 1 aromatic rings. The Morgan fingerprint density at radius 2 is 1.97 bits per heavy atom. The molecule has 3 saturated heterocycles. The quantitative estimate of drug-likeness (QED) is 0.321. The minimum Gasteiger partial charge on any atom is -0.460 e. The van der Waals surface area contributed by atoms with Gasteiger partial charge in [0, 0.05) is 11.2 Å². The van der Waals surface area contributed by atoms with Crippen LogP contribution >= 0.6 is 11.8 Å². The normalized spacial score (nSPS) is 28.7.